The molecule has 14 heteroatoms. The molecule has 0 fully saturated rings. The van der Waals surface area contributed by atoms with E-state index in [9.17, 15) is 0 Å². The Morgan fingerprint density at radius 2 is 0.778 bits per heavy atom. The van der Waals surface area contributed by atoms with E-state index >= 15 is 0 Å². The summed E-state index contributed by atoms with van der Waals surface area (Å²) in [6.07, 6.45) is 3.48. The Kier molecular flexibility index (Phi) is 17.7. The van der Waals surface area contributed by atoms with Crippen LogP contribution in [0.3, 0.4) is 0 Å². The van der Waals surface area contributed by atoms with E-state index in [4.69, 9.17) is 66.3 Å². The van der Waals surface area contributed by atoms with Gasteiger partial charge in [0.05, 0.1) is 28.4 Å². The maximum absolute atomic E-state index is 5.99. The number of benzene rings is 2. The Morgan fingerprint density at radius 3 is 1.24 bits per heavy atom. The summed E-state index contributed by atoms with van der Waals surface area (Å²) in [7, 11) is 13.9. The third-order valence-electron chi connectivity index (χ3n) is 6.43. The van der Waals surface area contributed by atoms with Gasteiger partial charge < -0.3 is 66.3 Å². The van der Waals surface area contributed by atoms with Crippen LogP contribution >= 0.6 is 0 Å². The van der Waals surface area contributed by atoms with Gasteiger partial charge in [0.2, 0.25) is 17.2 Å². The number of rotatable bonds is 25. The topological polar surface area (TPSA) is 129 Å². The van der Waals surface area contributed by atoms with Crippen molar-refractivity contribution in [3.8, 4) is 51.7 Å². The van der Waals surface area contributed by atoms with E-state index in [1.54, 1.807) is 41.6 Å². The Bertz CT molecular complexity index is 1140. The van der Waals surface area contributed by atoms with Gasteiger partial charge in [-0.2, -0.15) is 0 Å². The fraction of sp³-hybridized carbons (Fsp3) is 0.613. The highest BCUT2D eigenvalue weighted by Crippen LogP contribution is 2.54. The van der Waals surface area contributed by atoms with Gasteiger partial charge in [0.1, 0.15) is 0 Å². The molecule has 0 aliphatic heterocycles. The molecule has 0 radical (unpaired) electrons. The average Bonchev–Trinajstić information content (AvgIpc) is 3.06. The fourth-order valence-electron chi connectivity index (χ4n) is 4.62. The van der Waals surface area contributed by atoms with Crippen molar-refractivity contribution in [3.05, 3.63) is 17.2 Å². The van der Waals surface area contributed by atoms with Crippen molar-refractivity contribution in [3.63, 3.8) is 0 Å². The lowest BCUT2D eigenvalue weighted by Crippen LogP contribution is -2.12. The molecule has 0 bridgehead atoms. The van der Waals surface area contributed by atoms with Crippen molar-refractivity contribution in [2.45, 2.75) is 32.1 Å². The summed E-state index contributed by atoms with van der Waals surface area (Å²) >= 11 is 0. The van der Waals surface area contributed by atoms with Gasteiger partial charge in [-0.05, 0) is 25.7 Å². The quantitative estimate of drug-likeness (QED) is 0.110. The van der Waals surface area contributed by atoms with E-state index in [2.05, 4.69) is 0 Å². The molecule has 0 N–H and O–H groups in total. The molecule has 0 spiro atoms. The molecule has 0 aromatic heterocycles. The number of hydrogen-bond acceptors (Lipinski definition) is 14. The second-order valence-corrected chi connectivity index (χ2v) is 9.27. The Balaban J connectivity index is 2.41. The number of unbranched alkanes of at least 4 members (excludes halogenated alkanes) is 2. The van der Waals surface area contributed by atoms with Crippen LogP contribution in [0.5, 0.6) is 51.7 Å². The molecule has 2 aromatic carbocycles. The molecule has 2 rings (SSSR count). The summed E-state index contributed by atoms with van der Waals surface area (Å²) in [5.74, 6) is 3.74. The van der Waals surface area contributed by atoms with Crippen LogP contribution in [-0.2, 0) is 36.5 Å². The van der Waals surface area contributed by atoms with Gasteiger partial charge in [0, 0.05) is 52.7 Å². The number of hydrogen-bond donors (Lipinski definition) is 0. The maximum Gasteiger partial charge on any atom is 0.214 e. The van der Waals surface area contributed by atoms with Gasteiger partial charge >= 0.3 is 0 Å². The second-order valence-electron chi connectivity index (χ2n) is 9.27. The summed E-state index contributed by atoms with van der Waals surface area (Å²) in [4.78, 5) is 0. The smallest absolute Gasteiger partial charge is 0.214 e. The predicted octanol–water partition coefficient (Wildman–Crippen LogP) is 4.59. The third-order valence-corrected chi connectivity index (χ3v) is 6.43. The number of methoxy groups -OCH3 is 9. The highest BCUT2D eigenvalue weighted by atomic mass is 16.7. The van der Waals surface area contributed by atoms with Crippen molar-refractivity contribution in [2.24, 2.45) is 0 Å². The van der Waals surface area contributed by atoms with E-state index in [1.165, 1.54) is 28.4 Å². The van der Waals surface area contributed by atoms with E-state index in [0.717, 1.165) is 30.4 Å². The standard InChI is InChI=1S/C31H48O14/c1-32-16-41-24-15-23(37-6)26(42-17-33-2)21(25(24)38-7)13-11-10-12-14-22-27(39-8)30(44-19-35-4)31(45-20-36-5)29(40-9)28(22)43-18-34-3/h15H,10-14,16-20H2,1-9H3. The first kappa shape index (κ1) is 37.6. The largest absolute Gasteiger partial charge is 0.493 e. The Morgan fingerprint density at radius 1 is 0.356 bits per heavy atom. The van der Waals surface area contributed by atoms with E-state index in [-0.39, 0.29) is 39.7 Å². The molecule has 0 unspecified atom stereocenters. The molecule has 0 aliphatic rings. The first-order chi connectivity index (χ1) is 22.0. The molecule has 0 amide bonds. The van der Waals surface area contributed by atoms with Gasteiger partial charge in [-0.15, -0.1) is 0 Å². The lowest BCUT2D eigenvalue weighted by atomic mass is 9.99. The van der Waals surface area contributed by atoms with Crippen LogP contribution in [0.25, 0.3) is 0 Å². The zero-order valence-electron chi connectivity index (χ0n) is 27.9. The van der Waals surface area contributed by atoms with Crippen molar-refractivity contribution in [2.75, 3.05) is 98.0 Å². The van der Waals surface area contributed by atoms with Crippen LogP contribution in [0.2, 0.25) is 0 Å². The lowest BCUT2D eigenvalue weighted by Gasteiger charge is -2.24. The molecule has 2 aromatic rings. The molecule has 256 valence electrons. The van der Waals surface area contributed by atoms with Crippen molar-refractivity contribution in [1.29, 1.82) is 0 Å². The van der Waals surface area contributed by atoms with Gasteiger partial charge in [-0.25, -0.2) is 0 Å². The fourth-order valence-corrected chi connectivity index (χ4v) is 4.62. The maximum atomic E-state index is 5.99. The molecular weight excluding hydrogens is 596 g/mol. The molecule has 0 saturated carbocycles. The molecule has 14 nitrogen and oxygen atoms in total. The first-order valence-corrected chi connectivity index (χ1v) is 14.2. The summed E-state index contributed by atoms with van der Waals surface area (Å²) < 4.78 is 78.1. The summed E-state index contributed by atoms with van der Waals surface area (Å²) in [5, 5.41) is 0. The van der Waals surface area contributed by atoms with Crippen LogP contribution in [0, 0.1) is 0 Å². The van der Waals surface area contributed by atoms with Crippen molar-refractivity contribution in [1.82, 2.24) is 0 Å². The van der Waals surface area contributed by atoms with Crippen LogP contribution in [0.4, 0.5) is 0 Å². The molecule has 0 aliphatic carbocycles. The van der Waals surface area contributed by atoms with Gasteiger partial charge in [0.25, 0.3) is 0 Å². The van der Waals surface area contributed by atoms with Crippen LogP contribution < -0.4 is 42.6 Å². The van der Waals surface area contributed by atoms with Gasteiger partial charge in [-0.3, -0.25) is 0 Å². The normalized spacial score (nSPS) is 10.8. The lowest BCUT2D eigenvalue weighted by molar-refractivity contribution is 0.0264. The molecule has 0 heterocycles. The summed E-state index contributed by atoms with van der Waals surface area (Å²) in [6, 6.07) is 1.71. The van der Waals surface area contributed by atoms with Crippen molar-refractivity contribution < 1.29 is 66.3 Å². The summed E-state index contributed by atoms with van der Waals surface area (Å²) in [5.41, 5.74) is 1.51. The predicted molar refractivity (Wildman–Crippen MR) is 163 cm³/mol. The van der Waals surface area contributed by atoms with Crippen LogP contribution in [-0.4, -0.2) is 98.0 Å². The van der Waals surface area contributed by atoms with E-state index in [0.29, 0.717) is 58.8 Å². The minimum absolute atomic E-state index is 0.0259. The number of ether oxygens (including phenoxy) is 14. The highest BCUT2D eigenvalue weighted by molar-refractivity contribution is 5.70. The zero-order valence-corrected chi connectivity index (χ0v) is 27.9. The molecule has 0 saturated heterocycles. The zero-order chi connectivity index (χ0) is 33.0. The monoisotopic (exact) mass is 644 g/mol. The summed E-state index contributed by atoms with van der Waals surface area (Å²) in [6.45, 7) is -0.0576. The van der Waals surface area contributed by atoms with E-state index < -0.39 is 0 Å². The highest BCUT2D eigenvalue weighted by Gasteiger charge is 2.30. The Hall–Kier alpha value is -3.56. The molecule has 45 heavy (non-hydrogen) atoms. The average molecular weight is 645 g/mol. The third kappa shape index (κ3) is 10.2. The van der Waals surface area contributed by atoms with Crippen molar-refractivity contribution >= 4 is 0 Å². The van der Waals surface area contributed by atoms with Crippen LogP contribution in [0.1, 0.15) is 30.4 Å². The molecular formula is C31H48O14. The van der Waals surface area contributed by atoms with Gasteiger partial charge in [0.15, 0.2) is 68.5 Å². The first-order valence-electron chi connectivity index (χ1n) is 14.2. The van der Waals surface area contributed by atoms with Crippen LogP contribution in [0.15, 0.2) is 6.07 Å². The SMILES string of the molecule is COCOc1cc(OC)c(OCOC)c(CCCCCc2c(OCOC)c(OC)c(OCOC)c(OCOC)c2OC)c1OC. The van der Waals surface area contributed by atoms with E-state index in [1.807, 2.05) is 0 Å². The minimum atomic E-state index is -0.0615. The minimum Gasteiger partial charge on any atom is -0.493 e. The second kappa shape index (κ2) is 21.2. The Labute approximate surface area is 265 Å². The molecule has 0 atom stereocenters. The van der Waals surface area contributed by atoms with Gasteiger partial charge in [-0.1, -0.05) is 6.42 Å².